The SMILES string of the molecule is CNCC1CCN(C(=O)c2cccc(OCc3cn4cc(C)ccc4n3)c2)C1. The van der Waals surface area contributed by atoms with Gasteiger partial charge >= 0.3 is 0 Å². The predicted molar refractivity (Wildman–Crippen MR) is 109 cm³/mol. The van der Waals surface area contributed by atoms with Crippen LogP contribution in [0.5, 0.6) is 5.75 Å². The summed E-state index contributed by atoms with van der Waals surface area (Å²) in [5.41, 5.74) is 3.62. The number of aryl methyl sites for hydroxylation is 1. The van der Waals surface area contributed by atoms with Gasteiger partial charge in [0.15, 0.2) is 0 Å². The number of hydrogen-bond donors (Lipinski definition) is 1. The van der Waals surface area contributed by atoms with Crippen LogP contribution < -0.4 is 10.1 Å². The van der Waals surface area contributed by atoms with E-state index in [1.165, 1.54) is 5.56 Å². The molecule has 2 aromatic heterocycles. The van der Waals surface area contributed by atoms with Crippen molar-refractivity contribution in [3.8, 4) is 5.75 Å². The number of nitrogens with one attached hydrogen (secondary N) is 1. The Morgan fingerprint density at radius 3 is 3.04 bits per heavy atom. The summed E-state index contributed by atoms with van der Waals surface area (Å²) in [7, 11) is 1.95. The fourth-order valence-electron chi connectivity index (χ4n) is 3.76. The Hall–Kier alpha value is -2.86. The molecule has 3 heterocycles. The van der Waals surface area contributed by atoms with Gasteiger partial charge < -0.3 is 19.4 Å². The summed E-state index contributed by atoms with van der Waals surface area (Å²) >= 11 is 0. The molecule has 0 bridgehead atoms. The first kappa shape index (κ1) is 18.5. The van der Waals surface area contributed by atoms with E-state index < -0.39 is 0 Å². The molecule has 1 aromatic carbocycles. The number of imidazole rings is 1. The summed E-state index contributed by atoms with van der Waals surface area (Å²) in [5, 5.41) is 3.20. The van der Waals surface area contributed by atoms with Gasteiger partial charge in [-0.1, -0.05) is 12.1 Å². The van der Waals surface area contributed by atoms with Gasteiger partial charge in [-0.25, -0.2) is 4.98 Å². The molecule has 6 heteroatoms. The molecule has 1 fully saturated rings. The van der Waals surface area contributed by atoms with Crippen molar-refractivity contribution in [3.63, 3.8) is 0 Å². The fraction of sp³-hybridized carbons (Fsp3) is 0.364. The third-order valence-corrected chi connectivity index (χ3v) is 5.18. The van der Waals surface area contributed by atoms with Crippen molar-refractivity contribution in [3.05, 3.63) is 65.6 Å². The van der Waals surface area contributed by atoms with E-state index in [1.54, 1.807) is 0 Å². The molecule has 6 nitrogen and oxygen atoms in total. The Labute approximate surface area is 165 Å². The molecule has 146 valence electrons. The maximum atomic E-state index is 12.8. The molecule has 1 amide bonds. The molecule has 3 aromatic rings. The molecule has 1 unspecified atom stereocenters. The second kappa shape index (κ2) is 8.02. The van der Waals surface area contributed by atoms with Crippen LogP contribution in [0.3, 0.4) is 0 Å². The number of hydrogen-bond acceptors (Lipinski definition) is 4. The highest BCUT2D eigenvalue weighted by Crippen LogP contribution is 2.21. The highest BCUT2D eigenvalue weighted by molar-refractivity contribution is 5.94. The second-order valence-corrected chi connectivity index (χ2v) is 7.48. The van der Waals surface area contributed by atoms with Crippen LogP contribution >= 0.6 is 0 Å². The molecule has 1 N–H and O–H groups in total. The highest BCUT2D eigenvalue weighted by atomic mass is 16.5. The monoisotopic (exact) mass is 378 g/mol. The number of amides is 1. The average molecular weight is 378 g/mol. The van der Waals surface area contributed by atoms with Crippen molar-refractivity contribution in [2.75, 3.05) is 26.7 Å². The Kier molecular flexibility index (Phi) is 5.30. The van der Waals surface area contributed by atoms with Crippen molar-refractivity contribution in [1.82, 2.24) is 19.6 Å². The highest BCUT2D eigenvalue weighted by Gasteiger charge is 2.26. The van der Waals surface area contributed by atoms with Gasteiger partial charge in [-0.3, -0.25) is 4.79 Å². The Bertz CT molecular complexity index is 982. The summed E-state index contributed by atoms with van der Waals surface area (Å²) in [6.45, 7) is 5.00. The van der Waals surface area contributed by atoms with E-state index in [9.17, 15) is 4.79 Å². The molecule has 0 saturated carbocycles. The number of fused-ring (bicyclic) bond motifs is 1. The van der Waals surface area contributed by atoms with Crippen LogP contribution in [0.4, 0.5) is 0 Å². The van der Waals surface area contributed by atoms with Crippen molar-refractivity contribution in [2.24, 2.45) is 5.92 Å². The minimum Gasteiger partial charge on any atom is -0.487 e. The molecule has 0 spiro atoms. The summed E-state index contributed by atoms with van der Waals surface area (Å²) in [6, 6.07) is 11.5. The normalized spacial score (nSPS) is 16.6. The fourth-order valence-corrected chi connectivity index (χ4v) is 3.76. The van der Waals surface area contributed by atoms with E-state index in [4.69, 9.17) is 4.74 Å². The summed E-state index contributed by atoms with van der Waals surface area (Å²) in [4.78, 5) is 19.3. The van der Waals surface area contributed by atoms with E-state index in [2.05, 4.69) is 17.2 Å². The third kappa shape index (κ3) is 4.02. The standard InChI is InChI=1S/C22H26N4O2/c1-16-6-7-21-24-19(14-26(21)12-16)15-28-20-5-3-4-18(10-20)22(27)25-9-8-17(13-25)11-23-2/h3-7,10,12,14,17,23H,8-9,11,13,15H2,1-2H3. The number of benzene rings is 1. The lowest BCUT2D eigenvalue weighted by molar-refractivity contribution is 0.0786. The lowest BCUT2D eigenvalue weighted by Gasteiger charge is -2.17. The quantitative estimate of drug-likeness (QED) is 0.717. The number of likely N-dealkylation sites (tertiary alicyclic amines) is 1. The lowest BCUT2D eigenvalue weighted by atomic mass is 10.1. The van der Waals surface area contributed by atoms with Crippen molar-refractivity contribution in [2.45, 2.75) is 20.0 Å². The van der Waals surface area contributed by atoms with Crippen molar-refractivity contribution in [1.29, 1.82) is 0 Å². The summed E-state index contributed by atoms with van der Waals surface area (Å²) < 4.78 is 7.91. The molecule has 1 atom stereocenters. The molecule has 28 heavy (non-hydrogen) atoms. The minimum absolute atomic E-state index is 0.0762. The zero-order chi connectivity index (χ0) is 19.5. The zero-order valence-corrected chi connectivity index (χ0v) is 16.4. The smallest absolute Gasteiger partial charge is 0.253 e. The topological polar surface area (TPSA) is 58.9 Å². The molecule has 1 aliphatic rings. The van der Waals surface area contributed by atoms with Gasteiger partial charge in [0.05, 0.1) is 5.69 Å². The molecular weight excluding hydrogens is 352 g/mol. The van der Waals surface area contributed by atoms with Crippen molar-refractivity contribution >= 4 is 11.6 Å². The van der Waals surface area contributed by atoms with Crippen LogP contribution in [0, 0.1) is 12.8 Å². The van der Waals surface area contributed by atoms with E-state index >= 15 is 0 Å². The molecule has 0 radical (unpaired) electrons. The Morgan fingerprint density at radius 1 is 1.29 bits per heavy atom. The van der Waals surface area contributed by atoms with Crippen molar-refractivity contribution < 1.29 is 9.53 Å². The number of ether oxygens (including phenoxy) is 1. The molecular formula is C22H26N4O2. The van der Waals surface area contributed by atoms with E-state index in [0.29, 0.717) is 23.8 Å². The number of aromatic nitrogens is 2. The average Bonchev–Trinajstić information content (AvgIpc) is 3.32. The number of nitrogens with zero attached hydrogens (tertiary/aromatic N) is 3. The second-order valence-electron chi connectivity index (χ2n) is 7.48. The first-order valence-electron chi connectivity index (χ1n) is 9.73. The van der Waals surface area contributed by atoms with Crippen LogP contribution in [0.15, 0.2) is 48.8 Å². The zero-order valence-electron chi connectivity index (χ0n) is 16.4. The maximum Gasteiger partial charge on any atom is 0.253 e. The number of carbonyl (C=O) groups is 1. The Morgan fingerprint density at radius 2 is 2.18 bits per heavy atom. The van der Waals surface area contributed by atoms with Gasteiger partial charge in [0, 0.05) is 31.0 Å². The number of rotatable bonds is 6. The van der Waals surface area contributed by atoms with Crippen LogP contribution in [0.1, 0.15) is 28.0 Å². The van der Waals surface area contributed by atoms with Gasteiger partial charge in [0.2, 0.25) is 0 Å². The Balaban J connectivity index is 1.41. The molecule has 0 aliphatic carbocycles. The van der Waals surface area contributed by atoms with E-state index in [0.717, 1.165) is 37.4 Å². The number of pyridine rings is 1. The van der Waals surface area contributed by atoms with E-state index in [1.807, 2.05) is 65.1 Å². The first-order chi connectivity index (χ1) is 13.6. The molecule has 1 aliphatic heterocycles. The minimum atomic E-state index is 0.0762. The van der Waals surface area contributed by atoms with Gasteiger partial charge in [0.1, 0.15) is 18.0 Å². The largest absolute Gasteiger partial charge is 0.487 e. The molecule has 1 saturated heterocycles. The molecule has 4 rings (SSSR count). The number of carbonyl (C=O) groups excluding carboxylic acids is 1. The van der Waals surface area contributed by atoms with Crippen LogP contribution in [0.25, 0.3) is 5.65 Å². The van der Waals surface area contributed by atoms with Crippen LogP contribution in [-0.2, 0) is 6.61 Å². The predicted octanol–water partition coefficient (Wildman–Crippen LogP) is 2.90. The van der Waals surface area contributed by atoms with Gasteiger partial charge in [-0.15, -0.1) is 0 Å². The van der Waals surface area contributed by atoms with Gasteiger partial charge in [-0.05, 0) is 62.7 Å². The summed E-state index contributed by atoms with van der Waals surface area (Å²) in [6.07, 6.45) is 5.07. The first-order valence-corrected chi connectivity index (χ1v) is 9.73. The van der Waals surface area contributed by atoms with Crippen LogP contribution in [0.2, 0.25) is 0 Å². The third-order valence-electron chi connectivity index (χ3n) is 5.18. The lowest BCUT2D eigenvalue weighted by Crippen LogP contribution is -2.30. The summed E-state index contributed by atoms with van der Waals surface area (Å²) in [5.74, 6) is 1.30. The van der Waals surface area contributed by atoms with Crippen LogP contribution in [-0.4, -0.2) is 46.9 Å². The van der Waals surface area contributed by atoms with Gasteiger partial charge in [-0.2, -0.15) is 0 Å². The van der Waals surface area contributed by atoms with Gasteiger partial charge in [0.25, 0.3) is 5.91 Å². The van der Waals surface area contributed by atoms with E-state index in [-0.39, 0.29) is 5.91 Å². The maximum absolute atomic E-state index is 12.8.